The fourth-order valence-electron chi connectivity index (χ4n) is 2.33. The van der Waals surface area contributed by atoms with Crippen molar-refractivity contribution in [2.45, 2.75) is 19.6 Å². The molecule has 0 spiro atoms. The normalized spacial score (nSPS) is 12.5. The number of nitrogens with zero attached hydrogens (tertiary/aromatic N) is 1. The van der Waals surface area contributed by atoms with Gasteiger partial charge in [-0.05, 0) is 36.1 Å². The van der Waals surface area contributed by atoms with Crippen LogP contribution in [0.4, 0.5) is 0 Å². The summed E-state index contributed by atoms with van der Waals surface area (Å²) >= 11 is 1.54. The summed E-state index contributed by atoms with van der Waals surface area (Å²) in [6.07, 6.45) is 0.978. The average Bonchev–Trinajstić information content (AvgIpc) is 2.99. The maximum absolute atomic E-state index is 12.3. The van der Waals surface area contributed by atoms with Crippen molar-refractivity contribution in [3.8, 4) is 5.75 Å². The lowest BCUT2D eigenvalue weighted by Crippen LogP contribution is -2.29. The van der Waals surface area contributed by atoms with E-state index in [4.69, 9.17) is 4.74 Å². The number of benzene rings is 1. The number of ether oxygens (including phenoxy) is 1. The molecule has 0 unspecified atom stereocenters. The van der Waals surface area contributed by atoms with Crippen LogP contribution in [0.1, 0.15) is 5.56 Å². The molecule has 3 aromatic rings. The maximum atomic E-state index is 12.3. The lowest BCUT2D eigenvalue weighted by molar-refractivity contribution is 0.0914. The molecule has 0 radical (unpaired) electrons. The van der Waals surface area contributed by atoms with Crippen LogP contribution in [-0.2, 0) is 6.54 Å². The molecule has 1 atom stereocenters. The minimum Gasteiger partial charge on any atom is -0.491 e. The summed E-state index contributed by atoms with van der Waals surface area (Å²) in [5.74, 6) is 0.752. The van der Waals surface area contributed by atoms with Crippen LogP contribution in [0.25, 0.3) is 10.1 Å². The molecule has 1 N–H and O–H groups in total. The van der Waals surface area contributed by atoms with E-state index in [9.17, 15) is 9.90 Å². The van der Waals surface area contributed by atoms with E-state index in [1.54, 1.807) is 6.20 Å². The zero-order chi connectivity index (χ0) is 15.5. The molecule has 0 saturated heterocycles. The van der Waals surface area contributed by atoms with E-state index in [0.717, 1.165) is 16.0 Å². The van der Waals surface area contributed by atoms with Crippen LogP contribution in [-0.4, -0.2) is 22.4 Å². The van der Waals surface area contributed by atoms with Crippen LogP contribution in [0.15, 0.2) is 52.8 Å². The molecule has 0 aliphatic heterocycles. The average molecular weight is 315 g/mol. The lowest BCUT2D eigenvalue weighted by atomic mass is 10.2. The van der Waals surface area contributed by atoms with Crippen molar-refractivity contribution in [3.63, 3.8) is 0 Å². The minimum atomic E-state index is -0.742. The van der Waals surface area contributed by atoms with Gasteiger partial charge in [0.2, 0.25) is 0 Å². The molecule has 0 aliphatic carbocycles. The monoisotopic (exact) mass is 315 g/mol. The number of hydrogen-bond donors (Lipinski definition) is 1. The van der Waals surface area contributed by atoms with Crippen LogP contribution in [0, 0.1) is 6.92 Å². The molecule has 0 amide bonds. The summed E-state index contributed by atoms with van der Waals surface area (Å²) < 4.78 is 8.11. The van der Waals surface area contributed by atoms with Crippen molar-refractivity contribution in [2.24, 2.45) is 0 Å². The summed E-state index contributed by atoms with van der Waals surface area (Å²) in [4.78, 5) is 12.3. The van der Waals surface area contributed by atoms with Crippen molar-refractivity contribution in [2.75, 3.05) is 6.61 Å². The highest BCUT2D eigenvalue weighted by atomic mass is 32.1. The van der Waals surface area contributed by atoms with E-state index in [1.165, 1.54) is 15.9 Å². The maximum Gasteiger partial charge on any atom is 0.259 e. The van der Waals surface area contributed by atoms with Crippen molar-refractivity contribution in [1.82, 2.24) is 4.57 Å². The van der Waals surface area contributed by atoms with E-state index >= 15 is 0 Å². The molecule has 3 rings (SSSR count). The van der Waals surface area contributed by atoms with E-state index in [1.807, 2.05) is 48.7 Å². The molecule has 2 aromatic heterocycles. The topological polar surface area (TPSA) is 51.5 Å². The van der Waals surface area contributed by atoms with Gasteiger partial charge in [0.15, 0.2) is 0 Å². The third-order valence-corrected chi connectivity index (χ3v) is 4.41. The Morgan fingerprint density at radius 1 is 1.27 bits per heavy atom. The van der Waals surface area contributed by atoms with Crippen LogP contribution in [0.2, 0.25) is 0 Å². The summed E-state index contributed by atoms with van der Waals surface area (Å²) in [5.41, 5.74) is 0.945. The highest BCUT2D eigenvalue weighted by molar-refractivity contribution is 7.17. The highest BCUT2D eigenvalue weighted by Crippen LogP contribution is 2.17. The zero-order valence-corrected chi connectivity index (χ0v) is 13.0. The van der Waals surface area contributed by atoms with Crippen LogP contribution in [0.5, 0.6) is 5.75 Å². The fourth-order valence-corrected chi connectivity index (χ4v) is 3.11. The Hall–Kier alpha value is -2.11. The SMILES string of the molecule is Cc1ccccc1OC[C@@H](O)Cn1ccc2sccc2c1=O. The molecule has 0 fully saturated rings. The quantitative estimate of drug-likeness (QED) is 0.787. The molecule has 114 valence electrons. The Morgan fingerprint density at radius 3 is 2.91 bits per heavy atom. The highest BCUT2D eigenvalue weighted by Gasteiger charge is 2.10. The van der Waals surface area contributed by atoms with Gasteiger partial charge in [0, 0.05) is 10.9 Å². The van der Waals surface area contributed by atoms with Gasteiger partial charge in [-0.25, -0.2) is 0 Å². The molecule has 2 heterocycles. The summed E-state index contributed by atoms with van der Waals surface area (Å²) in [5, 5.41) is 12.7. The number of para-hydroxylation sites is 1. The van der Waals surface area contributed by atoms with E-state index < -0.39 is 6.10 Å². The second kappa shape index (κ2) is 6.34. The predicted molar refractivity (Wildman–Crippen MR) is 88.8 cm³/mol. The van der Waals surface area contributed by atoms with Crippen molar-refractivity contribution in [3.05, 3.63) is 63.9 Å². The lowest BCUT2D eigenvalue weighted by Gasteiger charge is -2.15. The number of pyridine rings is 1. The van der Waals surface area contributed by atoms with Gasteiger partial charge in [-0.1, -0.05) is 18.2 Å². The number of aromatic nitrogens is 1. The largest absolute Gasteiger partial charge is 0.491 e. The van der Waals surface area contributed by atoms with Gasteiger partial charge in [0.25, 0.3) is 5.56 Å². The standard InChI is InChI=1S/C17H17NO3S/c1-12-4-2-3-5-15(12)21-11-13(19)10-18-8-6-16-14(17(18)20)7-9-22-16/h2-9,13,19H,10-11H2,1H3/t13-/m0/s1. The van der Waals surface area contributed by atoms with Gasteiger partial charge < -0.3 is 14.4 Å². The molecule has 0 bridgehead atoms. The van der Waals surface area contributed by atoms with Gasteiger partial charge in [-0.15, -0.1) is 11.3 Å². The summed E-state index contributed by atoms with van der Waals surface area (Å²) in [6, 6.07) is 11.4. The number of hydrogen-bond acceptors (Lipinski definition) is 4. The van der Waals surface area contributed by atoms with E-state index in [2.05, 4.69) is 0 Å². The smallest absolute Gasteiger partial charge is 0.259 e. The fraction of sp³-hybridized carbons (Fsp3) is 0.235. The Morgan fingerprint density at radius 2 is 2.09 bits per heavy atom. The van der Waals surface area contributed by atoms with Gasteiger partial charge in [0.1, 0.15) is 18.5 Å². The third-order valence-electron chi connectivity index (χ3n) is 3.52. The van der Waals surface area contributed by atoms with Crippen LogP contribution >= 0.6 is 11.3 Å². The second-order valence-electron chi connectivity index (χ2n) is 5.20. The molecular weight excluding hydrogens is 298 g/mol. The summed E-state index contributed by atoms with van der Waals surface area (Å²) in [6.45, 7) is 2.33. The number of aryl methyl sites for hydroxylation is 1. The van der Waals surface area contributed by atoms with Gasteiger partial charge in [-0.2, -0.15) is 0 Å². The Kier molecular flexibility index (Phi) is 4.27. The number of aliphatic hydroxyl groups excluding tert-OH is 1. The van der Waals surface area contributed by atoms with Gasteiger partial charge in [-0.3, -0.25) is 4.79 Å². The molecular formula is C17H17NO3S. The molecule has 0 aliphatic rings. The van der Waals surface area contributed by atoms with Crippen molar-refractivity contribution in [1.29, 1.82) is 0 Å². The molecule has 0 saturated carbocycles. The van der Waals surface area contributed by atoms with Crippen molar-refractivity contribution >= 4 is 21.4 Å². The Balaban J connectivity index is 1.68. The van der Waals surface area contributed by atoms with Crippen LogP contribution in [0.3, 0.4) is 0 Å². The van der Waals surface area contributed by atoms with Gasteiger partial charge in [0.05, 0.1) is 11.9 Å². The minimum absolute atomic E-state index is 0.0753. The first-order valence-electron chi connectivity index (χ1n) is 7.08. The molecule has 22 heavy (non-hydrogen) atoms. The first-order valence-corrected chi connectivity index (χ1v) is 7.96. The second-order valence-corrected chi connectivity index (χ2v) is 6.15. The number of thiophene rings is 1. The molecule has 5 heteroatoms. The number of rotatable bonds is 5. The van der Waals surface area contributed by atoms with Crippen LogP contribution < -0.4 is 10.3 Å². The number of fused-ring (bicyclic) bond motifs is 1. The van der Waals surface area contributed by atoms with E-state index in [0.29, 0.717) is 5.39 Å². The molecule has 4 nitrogen and oxygen atoms in total. The predicted octanol–water partition coefficient (Wildman–Crippen LogP) is 2.81. The molecule has 1 aromatic carbocycles. The third kappa shape index (κ3) is 3.05. The first-order chi connectivity index (χ1) is 10.6. The zero-order valence-electron chi connectivity index (χ0n) is 12.2. The van der Waals surface area contributed by atoms with E-state index in [-0.39, 0.29) is 18.7 Å². The number of aliphatic hydroxyl groups is 1. The van der Waals surface area contributed by atoms with Crippen molar-refractivity contribution < 1.29 is 9.84 Å². The first kappa shape index (κ1) is 14.8. The van der Waals surface area contributed by atoms with Gasteiger partial charge >= 0.3 is 0 Å². The Bertz CT molecular complexity index is 837. The Labute approximate surface area is 132 Å². The summed E-state index contributed by atoms with van der Waals surface area (Å²) in [7, 11) is 0.